The monoisotopic (exact) mass is 288 g/mol. The smallest absolute Gasteiger partial charge is 0.414 e. The minimum absolute atomic E-state index is 0.221. The largest absolute Gasteiger partial charge is 0.450 e. The highest BCUT2D eigenvalue weighted by Gasteiger charge is 2.22. The SMILES string of the molecule is CCOC(=O)NCC#Cc1ccc(N2CCOC2=O)cc1. The van der Waals surface area contributed by atoms with Crippen LogP contribution in [0.1, 0.15) is 12.5 Å². The second-order valence-electron chi connectivity index (χ2n) is 4.19. The zero-order valence-corrected chi connectivity index (χ0v) is 11.7. The lowest BCUT2D eigenvalue weighted by atomic mass is 10.2. The quantitative estimate of drug-likeness (QED) is 0.860. The maximum absolute atomic E-state index is 11.4. The van der Waals surface area contributed by atoms with Crippen LogP contribution in [0.25, 0.3) is 0 Å². The molecule has 2 rings (SSSR count). The molecule has 0 saturated carbocycles. The summed E-state index contributed by atoms with van der Waals surface area (Å²) >= 11 is 0. The summed E-state index contributed by atoms with van der Waals surface area (Å²) in [4.78, 5) is 24.0. The van der Waals surface area contributed by atoms with E-state index in [9.17, 15) is 9.59 Å². The van der Waals surface area contributed by atoms with Gasteiger partial charge in [-0.2, -0.15) is 0 Å². The van der Waals surface area contributed by atoms with Crippen LogP contribution in [-0.4, -0.2) is 38.5 Å². The van der Waals surface area contributed by atoms with Gasteiger partial charge in [0, 0.05) is 11.3 Å². The fourth-order valence-corrected chi connectivity index (χ4v) is 1.80. The van der Waals surface area contributed by atoms with Crippen molar-refractivity contribution in [1.29, 1.82) is 0 Å². The molecule has 1 heterocycles. The van der Waals surface area contributed by atoms with Gasteiger partial charge in [0.1, 0.15) is 6.61 Å². The Morgan fingerprint density at radius 1 is 1.43 bits per heavy atom. The van der Waals surface area contributed by atoms with E-state index in [1.54, 1.807) is 11.8 Å². The Morgan fingerprint density at radius 3 is 2.81 bits per heavy atom. The van der Waals surface area contributed by atoms with E-state index in [4.69, 9.17) is 9.47 Å². The van der Waals surface area contributed by atoms with E-state index in [0.29, 0.717) is 19.8 Å². The third kappa shape index (κ3) is 4.14. The number of benzene rings is 1. The molecule has 1 aliphatic heterocycles. The summed E-state index contributed by atoms with van der Waals surface area (Å²) < 4.78 is 9.59. The molecule has 0 unspecified atom stereocenters. The number of carbonyl (C=O) groups is 2. The van der Waals surface area contributed by atoms with Crippen LogP contribution in [0, 0.1) is 11.8 Å². The van der Waals surface area contributed by atoms with Gasteiger partial charge < -0.3 is 14.8 Å². The van der Waals surface area contributed by atoms with E-state index in [-0.39, 0.29) is 12.6 Å². The minimum atomic E-state index is -0.477. The second kappa shape index (κ2) is 7.20. The number of alkyl carbamates (subject to hydrolysis) is 1. The Kier molecular flexibility index (Phi) is 5.04. The topological polar surface area (TPSA) is 67.9 Å². The number of cyclic esters (lactones) is 1. The van der Waals surface area contributed by atoms with Gasteiger partial charge in [0.15, 0.2) is 0 Å². The van der Waals surface area contributed by atoms with Crippen LogP contribution in [0.5, 0.6) is 0 Å². The third-order valence-electron chi connectivity index (χ3n) is 2.77. The first-order chi connectivity index (χ1) is 10.2. The Hall–Kier alpha value is -2.68. The Labute approximate surface area is 123 Å². The molecule has 6 heteroatoms. The predicted molar refractivity (Wildman–Crippen MR) is 77.0 cm³/mol. The molecule has 1 aromatic rings. The molecule has 6 nitrogen and oxygen atoms in total. The van der Waals surface area contributed by atoms with E-state index >= 15 is 0 Å². The van der Waals surface area contributed by atoms with E-state index in [0.717, 1.165) is 11.3 Å². The highest BCUT2D eigenvalue weighted by Crippen LogP contribution is 2.18. The fourth-order valence-electron chi connectivity index (χ4n) is 1.80. The minimum Gasteiger partial charge on any atom is -0.450 e. The zero-order chi connectivity index (χ0) is 15.1. The molecule has 110 valence electrons. The van der Waals surface area contributed by atoms with Crippen molar-refractivity contribution in [2.45, 2.75) is 6.92 Å². The van der Waals surface area contributed by atoms with Gasteiger partial charge in [-0.05, 0) is 31.2 Å². The van der Waals surface area contributed by atoms with Crippen molar-refractivity contribution < 1.29 is 19.1 Å². The lowest BCUT2D eigenvalue weighted by Crippen LogP contribution is -2.24. The molecule has 21 heavy (non-hydrogen) atoms. The molecule has 0 atom stereocenters. The first-order valence-electron chi connectivity index (χ1n) is 6.64. The van der Waals surface area contributed by atoms with E-state index < -0.39 is 6.09 Å². The van der Waals surface area contributed by atoms with Gasteiger partial charge in [-0.1, -0.05) is 11.8 Å². The highest BCUT2D eigenvalue weighted by molar-refractivity contribution is 5.89. The first kappa shape index (κ1) is 14.7. The van der Waals surface area contributed by atoms with Gasteiger partial charge >= 0.3 is 12.2 Å². The first-order valence-corrected chi connectivity index (χ1v) is 6.64. The number of ether oxygens (including phenoxy) is 2. The van der Waals surface area contributed by atoms with Crippen molar-refractivity contribution in [1.82, 2.24) is 5.32 Å². The number of hydrogen-bond donors (Lipinski definition) is 1. The standard InChI is InChI=1S/C15H16N2O4/c1-2-20-14(18)16-9-3-4-12-5-7-13(8-6-12)17-10-11-21-15(17)19/h5-8H,2,9-11H2,1H3,(H,16,18). The van der Waals surface area contributed by atoms with Crippen LogP contribution >= 0.6 is 0 Å². The number of nitrogens with zero attached hydrogens (tertiary/aromatic N) is 1. The molecule has 1 aliphatic rings. The maximum Gasteiger partial charge on any atom is 0.414 e. The van der Waals surface area contributed by atoms with E-state index in [2.05, 4.69) is 17.2 Å². The van der Waals surface area contributed by atoms with Crippen molar-refractivity contribution in [2.24, 2.45) is 0 Å². The summed E-state index contributed by atoms with van der Waals surface area (Å²) in [5.41, 5.74) is 1.59. The average molecular weight is 288 g/mol. The Balaban J connectivity index is 1.88. The molecule has 1 N–H and O–H groups in total. The van der Waals surface area contributed by atoms with Crippen molar-refractivity contribution in [3.05, 3.63) is 29.8 Å². The molecule has 0 bridgehead atoms. The van der Waals surface area contributed by atoms with Crippen LogP contribution in [0.3, 0.4) is 0 Å². The molecule has 0 radical (unpaired) electrons. The van der Waals surface area contributed by atoms with Crippen LogP contribution in [0.15, 0.2) is 24.3 Å². The van der Waals surface area contributed by atoms with Gasteiger partial charge in [-0.15, -0.1) is 0 Å². The van der Waals surface area contributed by atoms with Crippen LogP contribution in [0.2, 0.25) is 0 Å². The molecule has 0 spiro atoms. The van der Waals surface area contributed by atoms with Gasteiger partial charge in [0.05, 0.1) is 19.7 Å². The summed E-state index contributed by atoms with van der Waals surface area (Å²) in [5, 5.41) is 2.51. The maximum atomic E-state index is 11.4. The van der Waals surface area contributed by atoms with Gasteiger partial charge in [0.25, 0.3) is 0 Å². The Morgan fingerprint density at radius 2 is 2.19 bits per heavy atom. The number of anilines is 1. The number of amides is 2. The van der Waals surface area contributed by atoms with Crippen molar-refractivity contribution >= 4 is 17.9 Å². The van der Waals surface area contributed by atoms with Crippen LogP contribution in [0.4, 0.5) is 15.3 Å². The predicted octanol–water partition coefficient (Wildman–Crippen LogP) is 1.74. The van der Waals surface area contributed by atoms with Gasteiger partial charge in [-0.3, -0.25) is 4.90 Å². The fraction of sp³-hybridized carbons (Fsp3) is 0.333. The van der Waals surface area contributed by atoms with Crippen molar-refractivity contribution in [3.63, 3.8) is 0 Å². The van der Waals surface area contributed by atoms with Gasteiger partial charge in [0.2, 0.25) is 0 Å². The van der Waals surface area contributed by atoms with Gasteiger partial charge in [-0.25, -0.2) is 9.59 Å². The Bertz CT molecular complexity index is 572. The van der Waals surface area contributed by atoms with E-state index in [1.165, 1.54) is 0 Å². The van der Waals surface area contributed by atoms with Crippen molar-refractivity contribution in [3.8, 4) is 11.8 Å². The van der Waals surface area contributed by atoms with Crippen LogP contribution in [-0.2, 0) is 9.47 Å². The molecule has 0 aliphatic carbocycles. The summed E-state index contributed by atoms with van der Waals surface area (Å²) in [6.07, 6.45) is -0.804. The average Bonchev–Trinajstić information content (AvgIpc) is 2.91. The van der Waals surface area contributed by atoms with Crippen molar-refractivity contribution in [2.75, 3.05) is 31.2 Å². The summed E-state index contributed by atoms with van der Waals surface area (Å²) in [6.45, 7) is 3.27. The highest BCUT2D eigenvalue weighted by atomic mass is 16.6. The summed E-state index contributed by atoms with van der Waals surface area (Å²) in [7, 11) is 0. The number of carbonyl (C=O) groups excluding carboxylic acids is 2. The van der Waals surface area contributed by atoms with E-state index in [1.807, 2.05) is 24.3 Å². The zero-order valence-electron chi connectivity index (χ0n) is 11.7. The second-order valence-corrected chi connectivity index (χ2v) is 4.19. The molecule has 0 aromatic heterocycles. The summed E-state index contributed by atoms with van der Waals surface area (Å²) in [5.74, 6) is 5.74. The molecule has 2 amide bonds. The number of nitrogens with one attached hydrogen (secondary N) is 1. The lowest BCUT2D eigenvalue weighted by molar-refractivity contribution is 0.153. The molecular formula is C15H16N2O4. The number of rotatable bonds is 3. The molecule has 1 saturated heterocycles. The molecule has 1 fully saturated rings. The molecular weight excluding hydrogens is 272 g/mol. The third-order valence-corrected chi connectivity index (χ3v) is 2.77. The molecule has 1 aromatic carbocycles. The number of hydrogen-bond acceptors (Lipinski definition) is 4. The van der Waals surface area contributed by atoms with Crippen LogP contribution < -0.4 is 10.2 Å². The lowest BCUT2D eigenvalue weighted by Gasteiger charge is -2.11. The normalized spacial score (nSPS) is 13.2. The summed E-state index contributed by atoms with van der Waals surface area (Å²) in [6, 6.07) is 7.27.